The Hall–Kier alpha value is -3.44. The lowest BCUT2D eigenvalue weighted by molar-refractivity contribution is -0.306. The third-order valence-corrected chi connectivity index (χ3v) is 6.10. The van der Waals surface area contributed by atoms with Crippen LogP contribution in [0, 0.1) is 6.92 Å². The summed E-state index contributed by atoms with van der Waals surface area (Å²) < 4.78 is 22.5. The summed E-state index contributed by atoms with van der Waals surface area (Å²) in [6, 6.07) is 11.3. The van der Waals surface area contributed by atoms with Gasteiger partial charge in [0, 0.05) is 23.7 Å². The van der Waals surface area contributed by atoms with Crippen LogP contribution in [0.1, 0.15) is 29.8 Å². The molecule has 10 heteroatoms. The molecule has 1 amide bonds. The second kappa shape index (κ2) is 9.31. The molecule has 1 fully saturated rings. The molecule has 10 nitrogen and oxygen atoms in total. The number of amides is 1. The molecule has 1 saturated heterocycles. The van der Waals surface area contributed by atoms with Crippen LogP contribution in [0.4, 0.5) is 11.4 Å². The smallest absolute Gasteiger partial charge is 0.360 e. The molecule has 0 aliphatic carbocycles. The van der Waals surface area contributed by atoms with Crippen LogP contribution in [0.25, 0.3) is 11.0 Å². The Bertz CT molecular complexity index is 1320. The molecule has 1 aliphatic rings. The summed E-state index contributed by atoms with van der Waals surface area (Å²) in [5, 5.41) is 24.1. The average Bonchev–Trinajstić information content (AvgIpc) is 2.80. The van der Waals surface area contributed by atoms with E-state index in [9.17, 15) is 19.8 Å². The Balaban J connectivity index is 1.61. The summed E-state index contributed by atoms with van der Waals surface area (Å²) in [7, 11) is 1.42. The van der Waals surface area contributed by atoms with E-state index in [1.165, 1.54) is 13.2 Å². The molecule has 0 radical (unpaired) electrons. The van der Waals surface area contributed by atoms with Crippen LogP contribution in [-0.4, -0.2) is 53.4 Å². The number of anilines is 2. The van der Waals surface area contributed by atoms with E-state index in [1.807, 2.05) is 0 Å². The second-order valence-corrected chi connectivity index (χ2v) is 8.94. The molecule has 1 aliphatic heterocycles. The summed E-state index contributed by atoms with van der Waals surface area (Å²) in [4.78, 5) is 25.2. The number of para-hydroxylation sites is 1. The first-order valence-electron chi connectivity index (χ1n) is 11.0. The summed E-state index contributed by atoms with van der Waals surface area (Å²) >= 11 is 0. The number of ether oxygens (including phenoxy) is 3. The zero-order valence-electron chi connectivity index (χ0n) is 19.8. The van der Waals surface area contributed by atoms with Crippen LogP contribution < -0.4 is 21.4 Å². The highest BCUT2D eigenvalue weighted by Gasteiger charge is 2.50. The van der Waals surface area contributed by atoms with Gasteiger partial charge in [-0.2, -0.15) is 0 Å². The molecule has 0 saturated carbocycles. The van der Waals surface area contributed by atoms with Gasteiger partial charge in [-0.05, 0) is 51.1 Å². The van der Waals surface area contributed by atoms with Crippen LogP contribution in [0.2, 0.25) is 0 Å². The monoisotopic (exact) mass is 484 g/mol. The highest BCUT2D eigenvalue weighted by atomic mass is 16.7. The number of nitrogens with one attached hydrogen (secondary N) is 1. The number of hydrogen-bond acceptors (Lipinski definition) is 9. The van der Waals surface area contributed by atoms with Gasteiger partial charge >= 0.3 is 5.63 Å². The quantitative estimate of drug-likeness (QED) is 0.315. The maximum atomic E-state index is 12.6. The molecule has 3 aromatic rings. The number of aliphatic hydroxyl groups is 2. The van der Waals surface area contributed by atoms with Crippen molar-refractivity contribution >= 4 is 28.3 Å². The lowest BCUT2D eigenvalue weighted by Gasteiger charge is -2.46. The van der Waals surface area contributed by atoms with Gasteiger partial charge in [-0.1, -0.05) is 12.1 Å². The van der Waals surface area contributed by atoms with Crippen molar-refractivity contribution in [3.05, 3.63) is 64.0 Å². The zero-order chi connectivity index (χ0) is 25.5. The number of fused-ring (bicyclic) bond motifs is 1. The minimum absolute atomic E-state index is 0.0414. The number of methoxy groups -OCH3 is 1. The maximum absolute atomic E-state index is 12.6. The first-order chi connectivity index (χ1) is 16.5. The van der Waals surface area contributed by atoms with Crippen molar-refractivity contribution in [3.8, 4) is 5.75 Å². The van der Waals surface area contributed by atoms with Gasteiger partial charge in [0.2, 0.25) is 6.29 Å². The SMILES string of the molecule is CO[C@@H]1[C@@H](O)[C@H](O)[C@H](Oc2ccc3cc(NC(=O)c4ccccc4N)c(=O)oc3c2C)OC1(C)C. The highest BCUT2D eigenvalue weighted by molar-refractivity contribution is 6.08. The number of carbonyl (C=O) groups excluding carboxylic acids is 1. The van der Waals surface area contributed by atoms with Gasteiger partial charge in [-0.15, -0.1) is 0 Å². The Morgan fingerprint density at radius 2 is 1.86 bits per heavy atom. The van der Waals surface area contributed by atoms with Crippen molar-refractivity contribution < 1.29 is 33.6 Å². The van der Waals surface area contributed by atoms with Crippen molar-refractivity contribution in [2.24, 2.45) is 0 Å². The van der Waals surface area contributed by atoms with Crippen molar-refractivity contribution in [2.45, 2.75) is 51.0 Å². The van der Waals surface area contributed by atoms with Gasteiger partial charge in [0.15, 0.2) is 0 Å². The molecule has 0 spiro atoms. The van der Waals surface area contributed by atoms with Gasteiger partial charge in [0.25, 0.3) is 5.91 Å². The Morgan fingerprint density at radius 3 is 2.54 bits per heavy atom. The molecule has 4 atom stereocenters. The molecule has 4 rings (SSSR count). The predicted molar refractivity (Wildman–Crippen MR) is 128 cm³/mol. The molecule has 0 bridgehead atoms. The first kappa shape index (κ1) is 24.7. The standard InChI is InChI=1S/C25H28N2O8/c1-12-17(33-24-19(29)18(28)21(32-4)25(2,3)35-24)10-9-13-11-16(23(31)34-20(12)13)27-22(30)14-7-5-6-8-15(14)26/h5-11,18-19,21,24,28-29H,26H2,1-4H3,(H,27,30)/t18-,19-,21+,24+/m0/s1. The number of rotatable bonds is 5. The Labute approximate surface area is 201 Å². The normalized spacial score (nSPS) is 23.7. The van der Waals surface area contributed by atoms with E-state index >= 15 is 0 Å². The molecule has 5 N–H and O–H groups in total. The molecule has 35 heavy (non-hydrogen) atoms. The zero-order valence-corrected chi connectivity index (χ0v) is 19.8. The van der Waals surface area contributed by atoms with E-state index in [0.717, 1.165) is 0 Å². The summed E-state index contributed by atoms with van der Waals surface area (Å²) in [5.74, 6) is -0.247. The number of benzene rings is 2. The van der Waals surface area contributed by atoms with E-state index in [4.69, 9.17) is 24.4 Å². The number of aryl methyl sites for hydroxylation is 1. The van der Waals surface area contributed by atoms with E-state index in [-0.39, 0.29) is 28.3 Å². The van der Waals surface area contributed by atoms with Crippen LogP contribution in [-0.2, 0) is 9.47 Å². The fraction of sp³-hybridized carbons (Fsp3) is 0.360. The number of nitrogen functional groups attached to an aromatic ring is 1. The van der Waals surface area contributed by atoms with Crippen LogP contribution >= 0.6 is 0 Å². The van der Waals surface area contributed by atoms with Crippen LogP contribution in [0.3, 0.4) is 0 Å². The number of hydrogen-bond donors (Lipinski definition) is 4. The van der Waals surface area contributed by atoms with E-state index < -0.39 is 41.7 Å². The van der Waals surface area contributed by atoms with Crippen molar-refractivity contribution in [2.75, 3.05) is 18.2 Å². The Morgan fingerprint density at radius 1 is 1.14 bits per heavy atom. The fourth-order valence-corrected chi connectivity index (χ4v) is 4.24. The number of carbonyl (C=O) groups is 1. The number of aliphatic hydroxyl groups excluding tert-OH is 2. The third kappa shape index (κ3) is 4.61. The van der Waals surface area contributed by atoms with Gasteiger partial charge in [-0.3, -0.25) is 4.79 Å². The minimum atomic E-state index is -1.38. The van der Waals surface area contributed by atoms with Gasteiger partial charge in [-0.25, -0.2) is 4.79 Å². The lowest BCUT2D eigenvalue weighted by Crippen LogP contribution is -2.63. The second-order valence-electron chi connectivity index (χ2n) is 8.94. The summed E-state index contributed by atoms with van der Waals surface area (Å²) in [6.07, 6.45) is -4.56. The lowest BCUT2D eigenvalue weighted by atomic mass is 9.89. The predicted octanol–water partition coefficient (Wildman–Crippen LogP) is 2.19. The van der Waals surface area contributed by atoms with Crippen molar-refractivity contribution in [1.29, 1.82) is 0 Å². The van der Waals surface area contributed by atoms with Crippen LogP contribution in [0.5, 0.6) is 5.75 Å². The van der Waals surface area contributed by atoms with Crippen molar-refractivity contribution in [3.63, 3.8) is 0 Å². The number of nitrogens with two attached hydrogens (primary N) is 1. The molecular weight excluding hydrogens is 456 g/mol. The fourth-order valence-electron chi connectivity index (χ4n) is 4.24. The topological polar surface area (TPSA) is 153 Å². The maximum Gasteiger partial charge on any atom is 0.360 e. The van der Waals surface area contributed by atoms with E-state index in [1.54, 1.807) is 57.2 Å². The summed E-state index contributed by atoms with van der Waals surface area (Å²) in [6.45, 7) is 5.12. The van der Waals surface area contributed by atoms with Gasteiger partial charge in [0.05, 0.1) is 11.2 Å². The first-order valence-corrected chi connectivity index (χ1v) is 11.0. The van der Waals surface area contributed by atoms with Crippen molar-refractivity contribution in [1.82, 2.24) is 0 Å². The average molecular weight is 485 g/mol. The molecular formula is C25H28N2O8. The van der Waals surface area contributed by atoms with Gasteiger partial charge < -0.3 is 39.9 Å². The van der Waals surface area contributed by atoms with Gasteiger partial charge in [0.1, 0.15) is 35.3 Å². The molecule has 0 unspecified atom stereocenters. The largest absolute Gasteiger partial charge is 0.462 e. The third-order valence-electron chi connectivity index (χ3n) is 6.10. The minimum Gasteiger partial charge on any atom is -0.462 e. The van der Waals surface area contributed by atoms with E-state index in [2.05, 4.69) is 5.32 Å². The Kier molecular flexibility index (Phi) is 6.56. The molecule has 186 valence electrons. The highest BCUT2D eigenvalue weighted by Crippen LogP contribution is 2.35. The molecule has 2 heterocycles. The molecule has 1 aromatic heterocycles. The molecule has 2 aromatic carbocycles. The van der Waals surface area contributed by atoms with Crippen LogP contribution in [0.15, 0.2) is 51.7 Å². The summed E-state index contributed by atoms with van der Waals surface area (Å²) in [5.41, 5.74) is 5.34. The van der Waals surface area contributed by atoms with E-state index in [0.29, 0.717) is 10.9 Å².